The van der Waals surface area contributed by atoms with Gasteiger partial charge in [0.1, 0.15) is 5.75 Å². The van der Waals surface area contributed by atoms with Gasteiger partial charge >= 0.3 is 12.0 Å². The molecule has 2 atom stereocenters. The Hall–Kier alpha value is -2.81. The first-order valence-corrected chi connectivity index (χ1v) is 9.13. The van der Waals surface area contributed by atoms with E-state index in [0.717, 1.165) is 4.90 Å². The van der Waals surface area contributed by atoms with Crippen LogP contribution in [0.4, 0.5) is 10.5 Å². The van der Waals surface area contributed by atoms with E-state index in [2.05, 4.69) is 5.32 Å². The van der Waals surface area contributed by atoms with Crippen molar-refractivity contribution in [2.45, 2.75) is 19.4 Å². The van der Waals surface area contributed by atoms with Gasteiger partial charge in [-0.05, 0) is 25.1 Å². The normalized spacial score (nSPS) is 20.2. The van der Waals surface area contributed by atoms with Gasteiger partial charge in [0.15, 0.2) is 6.10 Å². The molecule has 0 spiro atoms. The van der Waals surface area contributed by atoms with Crippen LogP contribution in [0.15, 0.2) is 18.2 Å². The van der Waals surface area contributed by atoms with Crippen molar-refractivity contribution in [1.29, 1.82) is 0 Å². The Labute approximate surface area is 166 Å². The van der Waals surface area contributed by atoms with E-state index in [1.165, 1.54) is 18.9 Å². The minimum atomic E-state index is -1.12. The van der Waals surface area contributed by atoms with Gasteiger partial charge in [-0.2, -0.15) is 0 Å². The highest BCUT2D eigenvalue weighted by Crippen LogP contribution is 2.35. The number of anilines is 1. The van der Waals surface area contributed by atoms with E-state index in [1.54, 1.807) is 18.2 Å². The van der Waals surface area contributed by atoms with E-state index < -0.39 is 29.9 Å². The molecule has 0 bridgehead atoms. The molecule has 2 aliphatic rings. The van der Waals surface area contributed by atoms with E-state index in [0.29, 0.717) is 23.0 Å². The third-order valence-corrected chi connectivity index (χ3v) is 4.89. The number of esters is 1. The highest BCUT2D eigenvalue weighted by molar-refractivity contribution is 6.31. The van der Waals surface area contributed by atoms with Crippen LogP contribution in [0.5, 0.6) is 5.75 Å². The molecule has 0 saturated carbocycles. The van der Waals surface area contributed by atoms with Crippen LogP contribution in [0.25, 0.3) is 0 Å². The van der Waals surface area contributed by atoms with Crippen LogP contribution in [0.3, 0.4) is 0 Å². The second-order valence-electron chi connectivity index (χ2n) is 6.52. The number of methoxy groups -OCH3 is 1. The molecule has 1 aromatic carbocycles. The number of halogens is 1. The maximum Gasteiger partial charge on any atom is 0.324 e. The molecule has 0 aromatic heterocycles. The van der Waals surface area contributed by atoms with Crippen LogP contribution in [0.1, 0.15) is 13.3 Å². The van der Waals surface area contributed by atoms with Crippen molar-refractivity contribution in [3.8, 4) is 5.75 Å². The number of amides is 4. The van der Waals surface area contributed by atoms with Crippen LogP contribution in [-0.4, -0.2) is 61.6 Å². The number of nitrogens with one attached hydrogen (secondary N) is 1. The van der Waals surface area contributed by atoms with Crippen molar-refractivity contribution < 1.29 is 28.7 Å². The van der Waals surface area contributed by atoms with Crippen molar-refractivity contribution in [3.05, 3.63) is 23.2 Å². The summed E-state index contributed by atoms with van der Waals surface area (Å²) in [5.41, 5.74) is 0.466. The highest BCUT2D eigenvalue weighted by Gasteiger charge is 2.39. The zero-order valence-corrected chi connectivity index (χ0v) is 16.2. The second kappa shape index (κ2) is 8.05. The van der Waals surface area contributed by atoms with Gasteiger partial charge in [0.05, 0.1) is 18.7 Å². The number of rotatable bonds is 5. The molecule has 2 saturated heterocycles. The Balaban J connectivity index is 1.66. The van der Waals surface area contributed by atoms with Gasteiger partial charge in [0.2, 0.25) is 5.91 Å². The highest BCUT2D eigenvalue weighted by atomic mass is 35.5. The van der Waals surface area contributed by atoms with Crippen LogP contribution >= 0.6 is 11.6 Å². The van der Waals surface area contributed by atoms with E-state index in [-0.39, 0.29) is 25.4 Å². The number of ether oxygens (including phenoxy) is 2. The number of hydrogen-bond acceptors (Lipinski definition) is 6. The summed E-state index contributed by atoms with van der Waals surface area (Å²) in [5.74, 6) is -1.83. The van der Waals surface area contributed by atoms with Gasteiger partial charge in [-0.25, -0.2) is 4.79 Å². The first-order valence-electron chi connectivity index (χ1n) is 8.75. The summed E-state index contributed by atoms with van der Waals surface area (Å²) < 4.78 is 10.5. The third kappa shape index (κ3) is 3.89. The Morgan fingerprint density at radius 1 is 1.32 bits per heavy atom. The fraction of sp³-hybridized carbons (Fsp3) is 0.444. The lowest BCUT2D eigenvalue weighted by atomic mass is 10.1. The molecule has 4 amide bonds. The van der Waals surface area contributed by atoms with Gasteiger partial charge < -0.3 is 19.7 Å². The quantitative estimate of drug-likeness (QED) is 0.732. The van der Waals surface area contributed by atoms with Crippen molar-refractivity contribution in [2.24, 2.45) is 5.92 Å². The molecule has 1 N–H and O–H groups in total. The predicted molar refractivity (Wildman–Crippen MR) is 99.1 cm³/mol. The lowest BCUT2D eigenvalue weighted by molar-refractivity contribution is -0.160. The molecule has 2 fully saturated rings. The number of benzene rings is 1. The average Bonchev–Trinajstić information content (AvgIpc) is 3.26. The number of hydrogen-bond donors (Lipinski definition) is 1. The van der Waals surface area contributed by atoms with Crippen LogP contribution in [-0.2, 0) is 19.1 Å². The average molecular weight is 410 g/mol. The molecule has 0 unspecified atom stereocenters. The number of imide groups is 1. The third-order valence-electron chi connectivity index (χ3n) is 4.65. The van der Waals surface area contributed by atoms with E-state index in [9.17, 15) is 19.2 Å². The molecule has 150 valence electrons. The first kappa shape index (κ1) is 19.9. The fourth-order valence-corrected chi connectivity index (χ4v) is 3.36. The summed E-state index contributed by atoms with van der Waals surface area (Å²) in [6.07, 6.45) is -1.18. The van der Waals surface area contributed by atoms with E-state index in [1.807, 2.05) is 0 Å². The topological polar surface area (TPSA) is 105 Å². The lowest BCUT2D eigenvalue weighted by Gasteiger charge is -2.21. The van der Waals surface area contributed by atoms with Gasteiger partial charge in [-0.1, -0.05) is 11.6 Å². The van der Waals surface area contributed by atoms with Gasteiger partial charge in [0, 0.05) is 31.1 Å². The summed E-state index contributed by atoms with van der Waals surface area (Å²) in [6.45, 7) is 2.07. The second-order valence-corrected chi connectivity index (χ2v) is 6.96. The van der Waals surface area contributed by atoms with Crippen LogP contribution in [0, 0.1) is 5.92 Å². The van der Waals surface area contributed by atoms with Crippen LogP contribution < -0.4 is 15.0 Å². The fourth-order valence-electron chi connectivity index (χ4n) is 3.19. The number of urea groups is 1. The summed E-state index contributed by atoms with van der Waals surface area (Å²) in [5, 5.41) is 2.94. The SMILES string of the molecule is COc1ccc(Cl)cc1N1C[C@H](C(=O)O[C@@H](C)C(=O)N2CCNC2=O)CC1=O. The molecule has 0 radical (unpaired) electrons. The van der Waals surface area contributed by atoms with Crippen molar-refractivity contribution in [3.63, 3.8) is 0 Å². The van der Waals surface area contributed by atoms with Crippen molar-refractivity contribution in [2.75, 3.05) is 31.6 Å². The van der Waals surface area contributed by atoms with Crippen molar-refractivity contribution >= 4 is 41.1 Å². The summed E-state index contributed by atoms with van der Waals surface area (Å²) in [4.78, 5) is 51.1. The maximum absolute atomic E-state index is 12.5. The molecular weight excluding hydrogens is 390 g/mol. The molecule has 3 rings (SSSR count). The van der Waals surface area contributed by atoms with Gasteiger partial charge in [-0.3, -0.25) is 19.3 Å². The standard InChI is InChI=1S/C18H20ClN3O6/c1-10(16(24)21-6-5-20-18(21)26)28-17(25)11-7-15(23)22(9-11)13-8-12(19)3-4-14(13)27-2/h3-4,8,10-11H,5-7,9H2,1-2H3,(H,20,26)/t10-,11+/m0/s1. The number of nitrogens with zero attached hydrogens (tertiary/aromatic N) is 2. The van der Waals surface area contributed by atoms with Gasteiger partial charge in [0.25, 0.3) is 5.91 Å². The molecule has 9 nitrogen and oxygen atoms in total. The van der Waals surface area contributed by atoms with E-state index >= 15 is 0 Å². The Morgan fingerprint density at radius 2 is 2.07 bits per heavy atom. The lowest BCUT2D eigenvalue weighted by Crippen LogP contribution is -2.42. The first-order chi connectivity index (χ1) is 13.3. The largest absolute Gasteiger partial charge is 0.495 e. The summed E-state index contributed by atoms with van der Waals surface area (Å²) in [7, 11) is 1.47. The monoisotopic (exact) mass is 409 g/mol. The molecule has 28 heavy (non-hydrogen) atoms. The zero-order chi connectivity index (χ0) is 20.4. The molecule has 2 aliphatic heterocycles. The molecule has 2 heterocycles. The zero-order valence-electron chi connectivity index (χ0n) is 15.4. The Kier molecular flexibility index (Phi) is 5.73. The van der Waals surface area contributed by atoms with E-state index in [4.69, 9.17) is 21.1 Å². The molecular formula is C18H20ClN3O6. The summed E-state index contributed by atoms with van der Waals surface area (Å²) in [6, 6.07) is 4.35. The van der Waals surface area contributed by atoms with Gasteiger partial charge in [-0.15, -0.1) is 0 Å². The molecule has 0 aliphatic carbocycles. The number of carbonyl (C=O) groups is 4. The Bertz CT molecular complexity index is 830. The maximum atomic E-state index is 12.5. The van der Waals surface area contributed by atoms with Crippen molar-refractivity contribution in [1.82, 2.24) is 10.2 Å². The Morgan fingerprint density at radius 3 is 2.71 bits per heavy atom. The minimum absolute atomic E-state index is 0.0559. The number of carbonyl (C=O) groups excluding carboxylic acids is 4. The summed E-state index contributed by atoms with van der Waals surface area (Å²) >= 11 is 6.02. The smallest absolute Gasteiger partial charge is 0.324 e. The van der Waals surface area contributed by atoms with Crippen LogP contribution in [0.2, 0.25) is 5.02 Å². The molecule has 1 aromatic rings. The molecule has 10 heteroatoms. The predicted octanol–water partition coefficient (Wildman–Crippen LogP) is 1.18. The minimum Gasteiger partial charge on any atom is -0.495 e.